The number of rotatable bonds is 78. The number of phosphoric ester groups is 2. The average Bonchev–Trinajstić information content (AvgIpc) is 0.961. The minimum atomic E-state index is -4.96. The molecule has 19 heteroatoms. The fourth-order valence-electron chi connectivity index (χ4n) is 12.3. The molecule has 0 saturated heterocycles. The highest BCUT2D eigenvalue weighted by atomic mass is 31.2. The first-order valence-electron chi connectivity index (χ1n) is 41.4. The molecule has 0 aliphatic rings. The van der Waals surface area contributed by atoms with E-state index in [4.69, 9.17) is 37.0 Å². The van der Waals surface area contributed by atoms with Crippen LogP contribution in [0.1, 0.15) is 414 Å². The summed E-state index contributed by atoms with van der Waals surface area (Å²) >= 11 is 0. The van der Waals surface area contributed by atoms with Crippen molar-refractivity contribution in [2.45, 2.75) is 433 Å². The first-order chi connectivity index (χ1) is 47.8. The lowest BCUT2D eigenvalue weighted by Gasteiger charge is -2.21. The number of hydrogen-bond donors (Lipinski definition) is 3. The van der Waals surface area contributed by atoms with Gasteiger partial charge in [-0.05, 0) is 43.4 Å². The molecule has 3 N–H and O–H groups in total. The zero-order valence-corrected chi connectivity index (χ0v) is 66.8. The lowest BCUT2D eigenvalue weighted by Crippen LogP contribution is -2.30. The number of carbonyl (C=O) groups is 4. The third-order valence-electron chi connectivity index (χ3n) is 19.0. The van der Waals surface area contributed by atoms with Crippen LogP contribution in [0.4, 0.5) is 0 Å². The predicted molar refractivity (Wildman–Crippen MR) is 405 cm³/mol. The summed E-state index contributed by atoms with van der Waals surface area (Å²) in [6.45, 7) is 11.9. The van der Waals surface area contributed by atoms with E-state index in [1.807, 2.05) is 0 Å². The highest BCUT2D eigenvalue weighted by Gasteiger charge is 2.30. The van der Waals surface area contributed by atoms with E-state index in [9.17, 15) is 43.2 Å². The summed E-state index contributed by atoms with van der Waals surface area (Å²) in [5.74, 6) is 0.159. The van der Waals surface area contributed by atoms with Gasteiger partial charge in [0.15, 0.2) is 12.2 Å². The zero-order valence-electron chi connectivity index (χ0n) is 65.0. The van der Waals surface area contributed by atoms with Crippen molar-refractivity contribution in [1.82, 2.24) is 0 Å². The molecule has 17 nitrogen and oxygen atoms in total. The lowest BCUT2D eigenvalue weighted by atomic mass is 10.00. The van der Waals surface area contributed by atoms with Gasteiger partial charge in [-0.2, -0.15) is 0 Å². The molecule has 0 radical (unpaired) electrons. The Kier molecular flexibility index (Phi) is 69.0. The largest absolute Gasteiger partial charge is 0.472 e. The van der Waals surface area contributed by atoms with Gasteiger partial charge in [-0.15, -0.1) is 0 Å². The molecule has 0 aromatic heterocycles. The van der Waals surface area contributed by atoms with E-state index in [0.717, 1.165) is 114 Å². The summed E-state index contributed by atoms with van der Waals surface area (Å²) in [6, 6.07) is 0. The number of ether oxygens (including phenoxy) is 4. The maximum Gasteiger partial charge on any atom is 0.472 e. The standard InChI is InChI=1S/C80H156O17P2/c1-8-10-11-12-13-14-15-16-17-18-19-20-23-27-30-35-40-49-56-63-79(84)96-75(67-90-77(82)61-54-47-39-34-29-26-24-21-22-25-28-32-37-44-51-58-71(3)4)69-94-98(86,87)92-65-74(81)66-93-99(88,89)95-70-76(68-91-78(83)62-55-48-43-42-46-53-60-73(7)9-2)97-80(85)64-57-50-41-36-31-33-38-45-52-59-72(5)6/h71-76,81H,8-70H2,1-7H3,(H,86,87)(H,88,89)/t73?,74-,75-,76-/m1/s1. The van der Waals surface area contributed by atoms with Gasteiger partial charge in [0.05, 0.1) is 26.4 Å². The Hall–Kier alpha value is -1.94. The first-order valence-corrected chi connectivity index (χ1v) is 44.4. The fourth-order valence-corrected chi connectivity index (χ4v) is 13.9. The van der Waals surface area contributed by atoms with E-state index in [0.29, 0.717) is 25.7 Å². The van der Waals surface area contributed by atoms with Crippen LogP contribution < -0.4 is 0 Å². The Bertz CT molecular complexity index is 1920. The fraction of sp³-hybridized carbons (Fsp3) is 0.950. The molecule has 0 amide bonds. The van der Waals surface area contributed by atoms with Crippen molar-refractivity contribution in [2.75, 3.05) is 39.6 Å². The Morgan fingerprint density at radius 2 is 0.515 bits per heavy atom. The molecule has 0 heterocycles. The Labute approximate surface area is 607 Å². The van der Waals surface area contributed by atoms with Crippen molar-refractivity contribution in [3.8, 4) is 0 Å². The number of aliphatic hydroxyl groups is 1. The molecule has 0 aliphatic carbocycles. The molecule has 0 bridgehead atoms. The van der Waals surface area contributed by atoms with E-state index in [1.165, 1.54) is 218 Å². The van der Waals surface area contributed by atoms with Gasteiger partial charge in [-0.3, -0.25) is 37.3 Å². The minimum absolute atomic E-state index is 0.104. The number of esters is 4. The third kappa shape index (κ3) is 72.8. The molecular weight excluding hydrogens is 1290 g/mol. The molecule has 0 saturated carbocycles. The smallest absolute Gasteiger partial charge is 0.462 e. The number of unbranched alkanes of at least 4 members (excludes halogenated alkanes) is 45. The van der Waals surface area contributed by atoms with Crippen LogP contribution in [-0.4, -0.2) is 96.7 Å². The first kappa shape index (κ1) is 97.1. The van der Waals surface area contributed by atoms with Gasteiger partial charge in [-0.25, -0.2) is 9.13 Å². The minimum Gasteiger partial charge on any atom is -0.462 e. The molecule has 0 rings (SSSR count). The molecule has 0 aliphatic heterocycles. The van der Waals surface area contributed by atoms with Gasteiger partial charge in [0.25, 0.3) is 0 Å². The van der Waals surface area contributed by atoms with Gasteiger partial charge in [0, 0.05) is 25.7 Å². The molecular formula is C80H156O17P2. The summed E-state index contributed by atoms with van der Waals surface area (Å²) in [6.07, 6.45) is 58.4. The number of aliphatic hydroxyl groups excluding tert-OH is 1. The van der Waals surface area contributed by atoms with Crippen molar-refractivity contribution < 1.29 is 80.2 Å². The van der Waals surface area contributed by atoms with Crippen LogP contribution in [0.2, 0.25) is 0 Å². The highest BCUT2D eigenvalue weighted by molar-refractivity contribution is 7.47. The molecule has 0 fully saturated rings. The zero-order chi connectivity index (χ0) is 73.0. The maximum absolute atomic E-state index is 13.1. The van der Waals surface area contributed by atoms with Crippen LogP contribution in [0.25, 0.3) is 0 Å². The maximum atomic E-state index is 13.1. The lowest BCUT2D eigenvalue weighted by molar-refractivity contribution is -0.161. The number of carbonyl (C=O) groups excluding carboxylic acids is 4. The second-order valence-corrected chi connectivity index (χ2v) is 32.9. The van der Waals surface area contributed by atoms with E-state index in [-0.39, 0.29) is 25.7 Å². The topological polar surface area (TPSA) is 237 Å². The summed E-state index contributed by atoms with van der Waals surface area (Å²) in [4.78, 5) is 73.0. The van der Waals surface area contributed by atoms with E-state index >= 15 is 0 Å². The molecule has 0 spiro atoms. The van der Waals surface area contributed by atoms with Gasteiger partial charge >= 0.3 is 39.5 Å². The van der Waals surface area contributed by atoms with Crippen molar-refractivity contribution >= 4 is 39.5 Å². The monoisotopic (exact) mass is 1450 g/mol. The summed E-state index contributed by atoms with van der Waals surface area (Å²) < 4.78 is 68.7. The number of phosphoric acid groups is 2. The second kappa shape index (κ2) is 70.4. The van der Waals surface area contributed by atoms with E-state index in [2.05, 4.69) is 48.5 Å². The molecule has 0 aromatic carbocycles. The number of hydrogen-bond acceptors (Lipinski definition) is 15. The second-order valence-electron chi connectivity index (χ2n) is 30.0. The molecule has 99 heavy (non-hydrogen) atoms. The SMILES string of the molecule is CCCCCCCCCCCCCCCCCCCCCC(=O)O[C@H](COC(=O)CCCCCCCCCCCCCCCCCC(C)C)COP(=O)(O)OC[C@@H](O)COP(=O)(O)OC[C@@H](COC(=O)CCCCCCCCC(C)CC)OC(=O)CCCCCCCCCCCC(C)C. The van der Waals surface area contributed by atoms with Crippen LogP contribution in [0, 0.1) is 17.8 Å². The molecule has 3 unspecified atom stereocenters. The highest BCUT2D eigenvalue weighted by Crippen LogP contribution is 2.45. The Morgan fingerprint density at radius 3 is 0.768 bits per heavy atom. The van der Waals surface area contributed by atoms with Gasteiger partial charge in [0.2, 0.25) is 0 Å². The summed E-state index contributed by atoms with van der Waals surface area (Å²) in [7, 11) is -9.92. The average molecular weight is 1450 g/mol. The molecule has 588 valence electrons. The van der Waals surface area contributed by atoms with Crippen LogP contribution >= 0.6 is 15.6 Å². The molecule has 6 atom stereocenters. The predicted octanol–water partition coefficient (Wildman–Crippen LogP) is 23.7. The quantitative estimate of drug-likeness (QED) is 0.0222. The van der Waals surface area contributed by atoms with Gasteiger partial charge in [0.1, 0.15) is 19.3 Å². The van der Waals surface area contributed by atoms with Crippen molar-refractivity contribution in [1.29, 1.82) is 0 Å². The van der Waals surface area contributed by atoms with Crippen LogP contribution in [0.5, 0.6) is 0 Å². The van der Waals surface area contributed by atoms with Crippen LogP contribution in [0.3, 0.4) is 0 Å². The third-order valence-corrected chi connectivity index (χ3v) is 20.9. The van der Waals surface area contributed by atoms with Crippen LogP contribution in [-0.2, 0) is 65.4 Å². The van der Waals surface area contributed by atoms with Crippen molar-refractivity contribution in [2.24, 2.45) is 17.8 Å². The van der Waals surface area contributed by atoms with Crippen LogP contribution in [0.15, 0.2) is 0 Å². The van der Waals surface area contributed by atoms with E-state index in [1.54, 1.807) is 0 Å². The summed E-state index contributed by atoms with van der Waals surface area (Å²) in [5.41, 5.74) is 0. The Morgan fingerprint density at radius 1 is 0.293 bits per heavy atom. The molecule has 0 aromatic rings. The van der Waals surface area contributed by atoms with Crippen molar-refractivity contribution in [3.05, 3.63) is 0 Å². The normalized spacial score (nSPS) is 14.3. The Balaban J connectivity index is 5.23. The van der Waals surface area contributed by atoms with Crippen molar-refractivity contribution in [3.63, 3.8) is 0 Å². The van der Waals surface area contributed by atoms with E-state index < -0.39 is 97.5 Å². The van der Waals surface area contributed by atoms with Gasteiger partial charge in [-0.1, -0.05) is 363 Å². The van der Waals surface area contributed by atoms with Gasteiger partial charge < -0.3 is 33.8 Å². The summed E-state index contributed by atoms with van der Waals surface area (Å²) in [5, 5.41) is 10.6.